The first kappa shape index (κ1) is 31.6. The number of aromatic hydroxyl groups is 1. The molecule has 0 aliphatic rings. The number of carbonyl (C=O) groups is 5. The number of carboxylic acids is 1. The number of aliphatic carboxylic acids is 1. The number of hydrogen-bond donors (Lipinski definition) is 8. The highest BCUT2D eigenvalue weighted by atomic mass is 16.4. The lowest BCUT2D eigenvalue weighted by molar-refractivity contribution is -0.142. The molecule has 4 amide bonds. The fraction of sp³-hybridized carbons (Fsp3) is 0.345. The van der Waals surface area contributed by atoms with Gasteiger partial charge < -0.3 is 42.6 Å². The third kappa shape index (κ3) is 8.54. The molecule has 2 aromatic carbocycles. The lowest BCUT2D eigenvalue weighted by atomic mass is 10.00. The van der Waals surface area contributed by atoms with Crippen LogP contribution in [0.15, 0.2) is 54.7 Å². The molecular formula is C29H36N6O7. The molecule has 0 bridgehead atoms. The molecule has 0 saturated carbocycles. The van der Waals surface area contributed by atoms with Crippen LogP contribution in [0, 0.1) is 5.92 Å². The Morgan fingerprint density at radius 1 is 0.857 bits per heavy atom. The molecule has 13 nitrogen and oxygen atoms in total. The van der Waals surface area contributed by atoms with Crippen LogP contribution in [0.1, 0.15) is 31.4 Å². The highest BCUT2D eigenvalue weighted by molar-refractivity contribution is 5.96. The van der Waals surface area contributed by atoms with Crippen molar-refractivity contribution in [2.45, 2.75) is 57.3 Å². The number of carbonyl (C=O) groups excluding carboxylic acids is 4. The third-order valence-corrected chi connectivity index (χ3v) is 6.73. The van der Waals surface area contributed by atoms with E-state index >= 15 is 0 Å². The summed E-state index contributed by atoms with van der Waals surface area (Å²) in [5.41, 5.74) is 13.7. The van der Waals surface area contributed by atoms with E-state index in [0.717, 1.165) is 16.5 Å². The Labute approximate surface area is 242 Å². The lowest BCUT2D eigenvalue weighted by Gasteiger charge is -2.27. The highest BCUT2D eigenvalue weighted by Gasteiger charge is 2.32. The first-order valence-electron chi connectivity index (χ1n) is 13.4. The Kier molecular flexibility index (Phi) is 10.6. The number of nitrogens with one attached hydrogen (secondary N) is 4. The van der Waals surface area contributed by atoms with Crippen LogP contribution in [0.2, 0.25) is 0 Å². The molecule has 3 rings (SSSR count). The van der Waals surface area contributed by atoms with Crippen LogP contribution in [0.5, 0.6) is 5.75 Å². The van der Waals surface area contributed by atoms with Crippen LogP contribution in [0.25, 0.3) is 10.9 Å². The van der Waals surface area contributed by atoms with Crippen molar-refractivity contribution in [3.05, 3.63) is 65.9 Å². The van der Waals surface area contributed by atoms with Crippen LogP contribution >= 0.6 is 0 Å². The van der Waals surface area contributed by atoms with Gasteiger partial charge in [0.2, 0.25) is 23.6 Å². The maximum atomic E-state index is 13.2. The molecule has 4 atom stereocenters. The number of carboxylic acid groups (broad SMARTS) is 1. The van der Waals surface area contributed by atoms with Crippen LogP contribution in [-0.4, -0.2) is 69.0 Å². The fourth-order valence-electron chi connectivity index (χ4n) is 4.44. The zero-order chi connectivity index (χ0) is 31.0. The molecule has 1 aromatic heterocycles. The van der Waals surface area contributed by atoms with Gasteiger partial charge in [-0.05, 0) is 41.7 Å². The van der Waals surface area contributed by atoms with E-state index in [2.05, 4.69) is 20.9 Å². The molecule has 42 heavy (non-hydrogen) atoms. The van der Waals surface area contributed by atoms with E-state index in [-0.39, 0.29) is 18.6 Å². The molecule has 3 aromatic rings. The number of aromatic nitrogens is 1. The average molecular weight is 581 g/mol. The number of amides is 4. The summed E-state index contributed by atoms with van der Waals surface area (Å²) in [6, 6.07) is 8.30. The number of nitrogens with two attached hydrogens (primary N) is 2. The SMILES string of the molecule is CC(C)C(NC(=O)C(CC(N)=O)NC(=O)C(N)Cc1c[nH]c2ccccc12)C(=O)NC(Cc1ccc(O)cc1)C(=O)O. The molecule has 4 unspecified atom stereocenters. The van der Waals surface area contributed by atoms with Crippen molar-refractivity contribution in [3.63, 3.8) is 0 Å². The van der Waals surface area contributed by atoms with Gasteiger partial charge in [-0.15, -0.1) is 0 Å². The highest BCUT2D eigenvalue weighted by Crippen LogP contribution is 2.19. The smallest absolute Gasteiger partial charge is 0.326 e. The molecular weight excluding hydrogens is 544 g/mol. The second-order valence-electron chi connectivity index (χ2n) is 10.4. The van der Waals surface area contributed by atoms with Crippen LogP contribution in [0.3, 0.4) is 0 Å². The average Bonchev–Trinajstić information content (AvgIpc) is 3.33. The van der Waals surface area contributed by atoms with Gasteiger partial charge in [0.25, 0.3) is 0 Å². The Bertz CT molecular complexity index is 1440. The van der Waals surface area contributed by atoms with Gasteiger partial charge in [-0.1, -0.05) is 44.2 Å². The molecule has 0 aliphatic heterocycles. The van der Waals surface area contributed by atoms with E-state index in [1.54, 1.807) is 20.0 Å². The van der Waals surface area contributed by atoms with Crippen LogP contribution < -0.4 is 27.4 Å². The molecule has 0 spiro atoms. The third-order valence-electron chi connectivity index (χ3n) is 6.73. The number of hydrogen-bond acceptors (Lipinski definition) is 7. The molecule has 0 saturated heterocycles. The number of phenols is 1. The predicted molar refractivity (Wildman–Crippen MR) is 154 cm³/mol. The topological polar surface area (TPSA) is 230 Å². The lowest BCUT2D eigenvalue weighted by Crippen LogP contribution is -2.59. The predicted octanol–water partition coefficient (Wildman–Crippen LogP) is 0.0564. The Morgan fingerprint density at radius 2 is 1.50 bits per heavy atom. The van der Waals surface area contributed by atoms with Gasteiger partial charge in [0.15, 0.2) is 0 Å². The van der Waals surface area contributed by atoms with Crippen LogP contribution in [-0.2, 0) is 36.8 Å². The van der Waals surface area contributed by atoms with Crippen molar-refractivity contribution < 1.29 is 34.2 Å². The van der Waals surface area contributed by atoms with Crippen molar-refractivity contribution in [2.75, 3.05) is 0 Å². The minimum atomic E-state index is -1.43. The van der Waals surface area contributed by atoms with E-state index < -0.39 is 66.1 Å². The molecule has 13 heteroatoms. The monoisotopic (exact) mass is 580 g/mol. The summed E-state index contributed by atoms with van der Waals surface area (Å²) in [7, 11) is 0. The number of aromatic amines is 1. The second kappa shape index (κ2) is 14.1. The number of primary amides is 1. The summed E-state index contributed by atoms with van der Waals surface area (Å²) in [4.78, 5) is 65.9. The van der Waals surface area contributed by atoms with E-state index in [9.17, 15) is 34.2 Å². The Hall–Kier alpha value is -4.91. The standard InChI is InChI=1S/C29H36N6O7/c1-15(2)25(28(40)34-23(29(41)42)11-16-7-9-18(36)10-8-16)35-27(39)22(13-24(31)37)33-26(38)20(30)12-17-14-32-21-6-4-3-5-19(17)21/h3-10,14-15,20,22-23,25,32,36H,11-13,30H2,1-2H3,(H2,31,37)(H,33,38)(H,34,40)(H,35,39)(H,41,42). The maximum absolute atomic E-state index is 13.2. The van der Waals surface area contributed by atoms with E-state index in [1.165, 1.54) is 24.3 Å². The van der Waals surface area contributed by atoms with Crippen molar-refractivity contribution in [1.29, 1.82) is 0 Å². The Balaban J connectivity index is 1.68. The van der Waals surface area contributed by atoms with Crippen LogP contribution in [0.4, 0.5) is 0 Å². The summed E-state index contributed by atoms with van der Waals surface area (Å²) in [6.07, 6.45) is 1.26. The van der Waals surface area contributed by atoms with Crippen molar-refractivity contribution in [2.24, 2.45) is 17.4 Å². The molecule has 0 fully saturated rings. The molecule has 0 aliphatic carbocycles. The first-order valence-corrected chi connectivity index (χ1v) is 13.4. The zero-order valence-corrected chi connectivity index (χ0v) is 23.3. The summed E-state index contributed by atoms with van der Waals surface area (Å²) in [6.45, 7) is 3.28. The minimum Gasteiger partial charge on any atom is -0.508 e. The molecule has 0 radical (unpaired) electrons. The van der Waals surface area contributed by atoms with Gasteiger partial charge in [-0.25, -0.2) is 4.79 Å². The maximum Gasteiger partial charge on any atom is 0.326 e. The minimum absolute atomic E-state index is 0.00812. The van der Waals surface area contributed by atoms with Crippen molar-refractivity contribution >= 4 is 40.5 Å². The number of rotatable bonds is 14. The van der Waals surface area contributed by atoms with Gasteiger partial charge in [0.05, 0.1) is 12.5 Å². The van der Waals surface area contributed by atoms with Gasteiger partial charge in [0, 0.05) is 23.5 Å². The summed E-state index contributed by atoms with van der Waals surface area (Å²) < 4.78 is 0. The summed E-state index contributed by atoms with van der Waals surface area (Å²) in [5, 5.41) is 27.4. The molecule has 1 heterocycles. The largest absolute Gasteiger partial charge is 0.508 e. The van der Waals surface area contributed by atoms with Gasteiger partial charge in [-0.3, -0.25) is 19.2 Å². The number of fused-ring (bicyclic) bond motifs is 1. The molecule has 224 valence electrons. The van der Waals surface area contributed by atoms with E-state index in [0.29, 0.717) is 5.56 Å². The van der Waals surface area contributed by atoms with Crippen molar-refractivity contribution in [3.8, 4) is 5.75 Å². The quantitative estimate of drug-likeness (QED) is 0.130. The van der Waals surface area contributed by atoms with E-state index in [1.807, 2.05) is 24.3 Å². The second-order valence-corrected chi connectivity index (χ2v) is 10.4. The fourth-order valence-corrected chi connectivity index (χ4v) is 4.44. The van der Waals surface area contributed by atoms with Gasteiger partial charge in [-0.2, -0.15) is 0 Å². The summed E-state index contributed by atoms with van der Waals surface area (Å²) in [5.74, 6) is -4.99. The number of benzene rings is 2. The zero-order valence-electron chi connectivity index (χ0n) is 23.3. The first-order chi connectivity index (χ1) is 19.8. The van der Waals surface area contributed by atoms with Crippen molar-refractivity contribution in [1.82, 2.24) is 20.9 Å². The van der Waals surface area contributed by atoms with Gasteiger partial charge in [0.1, 0.15) is 23.9 Å². The molecule has 10 N–H and O–H groups in total. The number of H-pyrrole nitrogens is 1. The summed E-state index contributed by atoms with van der Waals surface area (Å²) >= 11 is 0. The van der Waals surface area contributed by atoms with E-state index in [4.69, 9.17) is 11.5 Å². The number of para-hydroxylation sites is 1. The van der Waals surface area contributed by atoms with Gasteiger partial charge >= 0.3 is 5.97 Å². The number of phenolic OH excluding ortho intramolecular Hbond substituents is 1. The normalized spacial score (nSPS) is 14.0. The Morgan fingerprint density at radius 3 is 2.12 bits per heavy atom.